The van der Waals surface area contributed by atoms with Crippen LogP contribution in [0.3, 0.4) is 0 Å². The summed E-state index contributed by atoms with van der Waals surface area (Å²) in [5.74, 6) is 0.806. The van der Waals surface area contributed by atoms with Crippen LogP contribution >= 0.6 is 0 Å². The molecular formula is C12H20N4. The molecule has 4 nitrogen and oxygen atoms in total. The van der Waals surface area contributed by atoms with Gasteiger partial charge in [0.25, 0.3) is 0 Å². The molecule has 4 heteroatoms. The first-order chi connectivity index (χ1) is 7.86. The van der Waals surface area contributed by atoms with Crippen molar-refractivity contribution in [2.75, 3.05) is 19.6 Å². The van der Waals surface area contributed by atoms with Gasteiger partial charge in [-0.15, -0.1) is 0 Å². The molecule has 0 saturated carbocycles. The van der Waals surface area contributed by atoms with Crippen LogP contribution in [-0.2, 0) is 0 Å². The summed E-state index contributed by atoms with van der Waals surface area (Å²) in [6.45, 7) is 5.54. The van der Waals surface area contributed by atoms with Gasteiger partial charge in [-0.1, -0.05) is 0 Å². The molecular weight excluding hydrogens is 200 g/mol. The van der Waals surface area contributed by atoms with Gasteiger partial charge in [-0.25, -0.2) is 0 Å². The number of hydrogen-bond acceptors (Lipinski definition) is 4. The summed E-state index contributed by atoms with van der Waals surface area (Å²) in [5, 5.41) is 6.92. The zero-order valence-corrected chi connectivity index (χ0v) is 9.82. The Bertz CT molecular complexity index is 295. The molecule has 0 unspecified atom stereocenters. The molecule has 1 fully saturated rings. The van der Waals surface area contributed by atoms with Gasteiger partial charge in [-0.2, -0.15) is 0 Å². The average Bonchev–Trinajstić information content (AvgIpc) is 2.38. The van der Waals surface area contributed by atoms with Crippen LogP contribution in [-0.4, -0.2) is 29.6 Å². The van der Waals surface area contributed by atoms with Gasteiger partial charge in [0.05, 0.1) is 5.69 Å². The second-order valence-corrected chi connectivity index (χ2v) is 4.45. The topological polar surface area (TPSA) is 49.8 Å². The predicted octanol–water partition coefficient (Wildman–Crippen LogP) is 1.13. The summed E-state index contributed by atoms with van der Waals surface area (Å²) in [6.07, 6.45) is 7.85. The lowest BCUT2D eigenvalue weighted by molar-refractivity contribution is 0.343. The van der Waals surface area contributed by atoms with Crippen molar-refractivity contribution < 1.29 is 0 Å². The van der Waals surface area contributed by atoms with Crippen LogP contribution < -0.4 is 10.6 Å². The molecule has 1 aromatic heterocycles. The van der Waals surface area contributed by atoms with E-state index in [1.54, 1.807) is 12.4 Å². The highest BCUT2D eigenvalue weighted by Gasteiger charge is 2.14. The molecule has 0 amide bonds. The summed E-state index contributed by atoms with van der Waals surface area (Å²) >= 11 is 0. The monoisotopic (exact) mass is 220 g/mol. The Balaban J connectivity index is 1.77. The Labute approximate surface area is 96.9 Å². The third kappa shape index (κ3) is 3.25. The number of piperidine rings is 1. The van der Waals surface area contributed by atoms with E-state index in [-0.39, 0.29) is 0 Å². The molecule has 0 spiro atoms. The maximum absolute atomic E-state index is 4.31. The van der Waals surface area contributed by atoms with E-state index in [2.05, 4.69) is 27.5 Å². The lowest BCUT2D eigenvalue weighted by atomic mass is 9.98. The standard InChI is InChI=1S/C12H20N4/c1-10(12-9-14-6-7-15-12)16-8-11-2-4-13-5-3-11/h6-7,9-11,13,16H,2-5,8H2,1H3/t10-/m0/s1. The Hall–Kier alpha value is -1.00. The van der Waals surface area contributed by atoms with E-state index in [9.17, 15) is 0 Å². The molecule has 1 aromatic rings. The second-order valence-electron chi connectivity index (χ2n) is 4.45. The lowest BCUT2D eigenvalue weighted by Crippen LogP contribution is -2.34. The van der Waals surface area contributed by atoms with Gasteiger partial charge < -0.3 is 10.6 Å². The molecule has 88 valence electrons. The van der Waals surface area contributed by atoms with Crippen molar-refractivity contribution in [1.29, 1.82) is 0 Å². The van der Waals surface area contributed by atoms with Gasteiger partial charge in [0, 0.05) is 24.6 Å². The number of rotatable bonds is 4. The van der Waals surface area contributed by atoms with Gasteiger partial charge in [0.2, 0.25) is 0 Å². The Morgan fingerprint density at radius 3 is 2.94 bits per heavy atom. The number of hydrogen-bond donors (Lipinski definition) is 2. The molecule has 1 saturated heterocycles. The van der Waals surface area contributed by atoms with E-state index in [0.717, 1.165) is 31.2 Å². The fourth-order valence-corrected chi connectivity index (χ4v) is 2.07. The normalized spacial score (nSPS) is 19.6. The van der Waals surface area contributed by atoms with Gasteiger partial charge >= 0.3 is 0 Å². The third-order valence-electron chi connectivity index (χ3n) is 3.20. The van der Waals surface area contributed by atoms with Crippen LogP contribution in [0.25, 0.3) is 0 Å². The fraction of sp³-hybridized carbons (Fsp3) is 0.667. The van der Waals surface area contributed by atoms with Crippen molar-refractivity contribution in [3.8, 4) is 0 Å². The highest BCUT2D eigenvalue weighted by Crippen LogP contribution is 2.13. The molecule has 1 aliphatic heterocycles. The molecule has 0 aliphatic carbocycles. The van der Waals surface area contributed by atoms with Crippen molar-refractivity contribution >= 4 is 0 Å². The van der Waals surface area contributed by atoms with Crippen molar-refractivity contribution in [1.82, 2.24) is 20.6 Å². The van der Waals surface area contributed by atoms with Gasteiger partial charge in [-0.3, -0.25) is 9.97 Å². The predicted molar refractivity (Wildman–Crippen MR) is 64.0 cm³/mol. The van der Waals surface area contributed by atoms with Gasteiger partial charge in [0.1, 0.15) is 0 Å². The minimum atomic E-state index is 0.295. The van der Waals surface area contributed by atoms with E-state index < -0.39 is 0 Å². The van der Waals surface area contributed by atoms with Crippen LogP contribution in [0.15, 0.2) is 18.6 Å². The summed E-state index contributed by atoms with van der Waals surface area (Å²) in [5.41, 5.74) is 1.02. The van der Waals surface area contributed by atoms with Crippen LogP contribution in [0, 0.1) is 5.92 Å². The van der Waals surface area contributed by atoms with E-state index in [0.29, 0.717) is 6.04 Å². The quantitative estimate of drug-likeness (QED) is 0.798. The van der Waals surface area contributed by atoms with Crippen LogP contribution in [0.1, 0.15) is 31.5 Å². The highest BCUT2D eigenvalue weighted by molar-refractivity contribution is 5.00. The summed E-state index contributed by atoms with van der Waals surface area (Å²) in [7, 11) is 0. The third-order valence-corrected chi connectivity index (χ3v) is 3.20. The van der Waals surface area contributed by atoms with Crippen LogP contribution in [0.4, 0.5) is 0 Å². The zero-order valence-electron chi connectivity index (χ0n) is 9.82. The van der Waals surface area contributed by atoms with Crippen molar-refractivity contribution in [2.45, 2.75) is 25.8 Å². The largest absolute Gasteiger partial charge is 0.317 e. The molecule has 0 bridgehead atoms. The van der Waals surface area contributed by atoms with E-state index in [1.807, 2.05) is 6.20 Å². The average molecular weight is 220 g/mol. The zero-order chi connectivity index (χ0) is 11.2. The maximum atomic E-state index is 4.31. The Morgan fingerprint density at radius 1 is 1.44 bits per heavy atom. The van der Waals surface area contributed by atoms with Gasteiger partial charge in [-0.05, 0) is 45.3 Å². The maximum Gasteiger partial charge on any atom is 0.0753 e. The molecule has 0 aromatic carbocycles. The van der Waals surface area contributed by atoms with Crippen LogP contribution in [0.2, 0.25) is 0 Å². The molecule has 2 N–H and O–H groups in total. The highest BCUT2D eigenvalue weighted by atomic mass is 15.0. The molecule has 1 aliphatic rings. The first-order valence-electron chi connectivity index (χ1n) is 6.06. The SMILES string of the molecule is C[C@H](NCC1CCNCC1)c1cnccn1. The van der Waals surface area contributed by atoms with E-state index in [1.165, 1.54) is 12.8 Å². The second kappa shape index (κ2) is 5.92. The van der Waals surface area contributed by atoms with E-state index in [4.69, 9.17) is 0 Å². The smallest absolute Gasteiger partial charge is 0.0753 e. The Kier molecular flexibility index (Phi) is 4.25. The summed E-state index contributed by atoms with van der Waals surface area (Å²) in [6, 6.07) is 0.295. The number of aromatic nitrogens is 2. The Morgan fingerprint density at radius 2 is 2.25 bits per heavy atom. The summed E-state index contributed by atoms with van der Waals surface area (Å²) in [4.78, 5) is 8.39. The fourth-order valence-electron chi connectivity index (χ4n) is 2.07. The lowest BCUT2D eigenvalue weighted by Gasteiger charge is -2.24. The molecule has 0 radical (unpaired) electrons. The molecule has 16 heavy (non-hydrogen) atoms. The van der Waals surface area contributed by atoms with Crippen molar-refractivity contribution in [3.05, 3.63) is 24.3 Å². The van der Waals surface area contributed by atoms with Gasteiger partial charge in [0.15, 0.2) is 0 Å². The minimum absolute atomic E-state index is 0.295. The van der Waals surface area contributed by atoms with Crippen molar-refractivity contribution in [3.63, 3.8) is 0 Å². The minimum Gasteiger partial charge on any atom is -0.317 e. The first-order valence-corrected chi connectivity index (χ1v) is 6.06. The van der Waals surface area contributed by atoms with E-state index >= 15 is 0 Å². The summed E-state index contributed by atoms with van der Waals surface area (Å²) < 4.78 is 0. The molecule has 1 atom stereocenters. The molecule has 2 rings (SSSR count). The number of nitrogens with zero attached hydrogens (tertiary/aromatic N) is 2. The number of nitrogens with one attached hydrogen (secondary N) is 2. The molecule has 2 heterocycles. The van der Waals surface area contributed by atoms with Crippen molar-refractivity contribution in [2.24, 2.45) is 5.92 Å². The first kappa shape index (κ1) is 11.5. The van der Waals surface area contributed by atoms with Crippen LogP contribution in [0.5, 0.6) is 0 Å².